The van der Waals surface area contributed by atoms with Crippen LogP contribution in [0, 0.1) is 16.2 Å². The summed E-state index contributed by atoms with van der Waals surface area (Å²) in [4.78, 5) is 131. The Bertz CT molecular complexity index is 2370. The number of halogens is 3. The standard InChI is InChI=1S/C14H18F3NO4.C11H17NO2.C10H15NO2.C9H13NO2.C8H11NO2/c1-5-9(19)22-12-13(6-2,7-3)11(21)18(12)10(20)8(4)14(15,16)17;1-7(2)8(13)12-9(14)10(3,4)11(12,5)6;1-6-7(12)11-8(13)9(2,3)10(11,4)5;1-6(2)8(12)10-7(11)5-9(10,3)4;1-4-6(10)9-7(11)5-8(9,2)3/h12H,4-7H2,1-3H3;1H2,2-6H3;6H,1H2,2-5H3;1,5H2,2-4H3;4H,1,5H2,2-3H3. The number of nitrogens with zero attached hydrogens (tertiary/aromatic N) is 5. The second-order valence-corrected chi connectivity index (χ2v) is 21.4. The number of carbonyl (C=O) groups is 11. The second kappa shape index (κ2) is 21.8. The first-order valence-corrected chi connectivity index (χ1v) is 23.2. The van der Waals surface area contributed by atoms with E-state index >= 15 is 0 Å². The van der Waals surface area contributed by atoms with Crippen molar-refractivity contribution in [1.82, 2.24) is 24.5 Å². The highest BCUT2D eigenvalue weighted by Crippen LogP contribution is 2.50. The van der Waals surface area contributed by atoms with Gasteiger partial charge >= 0.3 is 12.1 Å². The minimum absolute atomic E-state index is 0.0174. The van der Waals surface area contributed by atoms with Gasteiger partial charge in [0.2, 0.25) is 29.5 Å². The highest BCUT2D eigenvalue weighted by atomic mass is 19.4. The van der Waals surface area contributed by atoms with E-state index in [1.165, 1.54) is 38.7 Å². The van der Waals surface area contributed by atoms with Crippen molar-refractivity contribution >= 4 is 65.0 Å². The van der Waals surface area contributed by atoms with Crippen LogP contribution in [-0.4, -0.2) is 124 Å². The molecule has 1 unspecified atom stereocenters. The number of β-lactam (4-membered cyclic amide) rings is 5. The third-order valence-corrected chi connectivity index (χ3v) is 14.4. The van der Waals surface area contributed by atoms with E-state index in [0.717, 1.165) is 0 Å². The zero-order valence-corrected chi connectivity index (χ0v) is 45.1. The summed E-state index contributed by atoms with van der Waals surface area (Å²) in [5.74, 6) is -4.63. The maximum absolute atomic E-state index is 12.6. The summed E-state index contributed by atoms with van der Waals surface area (Å²) in [5, 5.41) is 0. The molecule has 5 saturated heterocycles. The van der Waals surface area contributed by atoms with Gasteiger partial charge in [-0.05, 0) is 122 Å². The fourth-order valence-corrected chi connectivity index (χ4v) is 8.06. The summed E-state index contributed by atoms with van der Waals surface area (Å²) in [7, 11) is 0. The molecule has 5 aliphatic heterocycles. The molecule has 20 heteroatoms. The molecule has 0 N–H and O–H groups in total. The van der Waals surface area contributed by atoms with Gasteiger partial charge in [-0.15, -0.1) is 0 Å². The number of imide groups is 5. The van der Waals surface area contributed by atoms with Crippen LogP contribution < -0.4 is 0 Å². The molecular weight excluding hydrogens is 944 g/mol. The van der Waals surface area contributed by atoms with Gasteiger partial charge in [0.25, 0.3) is 29.5 Å². The maximum atomic E-state index is 12.6. The molecule has 72 heavy (non-hydrogen) atoms. The normalized spacial score (nSPS) is 21.5. The fourth-order valence-electron chi connectivity index (χ4n) is 8.06. The summed E-state index contributed by atoms with van der Waals surface area (Å²) in [6, 6.07) is 0. The number of esters is 1. The predicted octanol–water partition coefficient (Wildman–Crippen LogP) is 7.45. The third kappa shape index (κ3) is 11.5. The summed E-state index contributed by atoms with van der Waals surface area (Å²) in [6.45, 7) is 46.9. The molecule has 0 aromatic rings. The molecule has 400 valence electrons. The third-order valence-electron chi connectivity index (χ3n) is 14.4. The molecule has 0 spiro atoms. The SMILES string of the molecule is C=C(C(=O)N1C(=O)C(CC)(CC)C1OC(=O)CC)C(F)(F)F.C=C(C)C(=O)N1C(=O)C(C)(C)C1(C)C.C=C(C)C(=O)N1C(=O)CC1(C)C.C=CC(=O)N1C(=O)C(C)(C)C1(C)C.C=CC(=O)N1C(=O)CC1(C)C. The quantitative estimate of drug-likeness (QED) is 0.125. The van der Waals surface area contributed by atoms with Crippen LogP contribution in [0.3, 0.4) is 0 Å². The van der Waals surface area contributed by atoms with Gasteiger partial charge in [0.1, 0.15) is 11.0 Å². The van der Waals surface area contributed by atoms with Crippen LogP contribution in [0.4, 0.5) is 13.2 Å². The molecule has 5 aliphatic rings. The van der Waals surface area contributed by atoms with Crippen LogP contribution >= 0.6 is 0 Å². The van der Waals surface area contributed by atoms with Crippen molar-refractivity contribution in [2.45, 2.75) is 184 Å². The molecule has 1 atom stereocenters. The van der Waals surface area contributed by atoms with E-state index < -0.39 is 63.1 Å². The van der Waals surface area contributed by atoms with Gasteiger partial charge < -0.3 is 4.74 Å². The van der Waals surface area contributed by atoms with Crippen molar-refractivity contribution in [2.24, 2.45) is 16.2 Å². The van der Waals surface area contributed by atoms with Crippen molar-refractivity contribution in [3.05, 3.63) is 61.8 Å². The van der Waals surface area contributed by atoms with Crippen LogP contribution in [0.25, 0.3) is 0 Å². The topological polar surface area (TPSA) is 213 Å². The van der Waals surface area contributed by atoms with E-state index in [2.05, 4.69) is 32.9 Å². The number of rotatable bonds is 9. The van der Waals surface area contributed by atoms with Crippen LogP contribution in [0.5, 0.6) is 0 Å². The highest BCUT2D eigenvalue weighted by Gasteiger charge is 2.65. The molecule has 5 heterocycles. The molecule has 5 fully saturated rings. The molecule has 0 saturated carbocycles. The Morgan fingerprint density at radius 3 is 1.18 bits per heavy atom. The average Bonchev–Trinajstić information content (AvgIpc) is 3.25. The number of amides is 10. The molecule has 5 rings (SSSR count). The van der Waals surface area contributed by atoms with E-state index in [-0.39, 0.29) is 77.6 Å². The summed E-state index contributed by atoms with van der Waals surface area (Å²) in [5.41, 5.74) is -4.36. The summed E-state index contributed by atoms with van der Waals surface area (Å²) >= 11 is 0. The van der Waals surface area contributed by atoms with E-state index in [1.807, 2.05) is 83.1 Å². The van der Waals surface area contributed by atoms with Gasteiger partial charge in [0, 0.05) is 17.6 Å². The van der Waals surface area contributed by atoms with Gasteiger partial charge in [-0.3, -0.25) is 72.3 Å². The van der Waals surface area contributed by atoms with Gasteiger partial charge in [0.15, 0.2) is 6.23 Å². The minimum Gasteiger partial charge on any atom is -0.440 e. The molecule has 0 aliphatic carbocycles. The first-order valence-electron chi connectivity index (χ1n) is 23.2. The molecule has 0 aromatic heterocycles. The Hall–Kier alpha value is -6.34. The van der Waals surface area contributed by atoms with Crippen molar-refractivity contribution in [3.63, 3.8) is 0 Å². The van der Waals surface area contributed by atoms with Gasteiger partial charge in [-0.1, -0.05) is 53.7 Å². The Morgan fingerprint density at radius 1 is 0.583 bits per heavy atom. The zero-order chi connectivity index (χ0) is 57.2. The van der Waals surface area contributed by atoms with Gasteiger partial charge in [-0.25, -0.2) is 4.90 Å². The minimum atomic E-state index is -4.95. The predicted molar refractivity (Wildman–Crippen MR) is 261 cm³/mol. The largest absolute Gasteiger partial charge is 0.440 e. The first kappa shape index (κ1) is 63.7. The van der Waals surface area contributed by atoms with Crippen LogP contribution in [0.2, 0.25) is 0 Å². The molecule has 17 nitrogen and oxygen atoms in total. The number of ether oxygens (including phenoxy) is 1. The molecule has 10 amide bonds. The smallest absolute Gasteiger partial charge is 0.421 e. The van der Waals surface area contributed by atoms with E-state index in [0.29, 0.717) is 28.9 Å². The van der Waals surface area contributed by atoms with Crippen LogP contribution in [-0.2, 0) is 57.5 Å². The molecule has 0 radical (unpaired) electrons. The maximum Gasteiger partial charge on any atom is 0.421 e. The van der Waals surface area contributed by atoms with Gasteiger partial charge in [-0.2, -0.15) is 13.2 Å². The van der Waals surface area contributed by atoms with Crippen molar-refractivity contribution in [2.75, 3.05) is 0 Å². The zero-order valence-electron chi connectivity index (χ0n) is 45.1. The van der Waals surface area contributed by atoms with Crippen LogP contribution in [0.15, 0.2) is 61.8 Å². The highest BCUT2D eigenvalue weighted by molar-refractivity contribution is 6.12. The van der Waals surface area contributed by atoms with Crippen molar-refractivity contribution in [3.8, 4) is 0 Å². The number of likely N-dealkylation sites (tertiary alicyclic amines) is 5. The Labute approximate surface area is 421 Å². The van der Waals surface area contributed by atoms with Crippen LogP contribution in [0.1, 0.15) is 150 Å². The lowest BCUT2D eigenvalue weighted by atomic mass is 9.64. The number of hydrogen-bond acceptors (Lipinski definition) is 12. The van der Waals surface area contributed by atoms with E-state index in [4.69, 9.17) is 4.74 Å². The number of hydrogen-bond donors (Lipinski definition) is 0. The van der Waals surface area contributed by atoms with Crippen molar-refractivity contribution < 1.29 is 70.6 Å². The lowest BCUT2D eigenvalue weighted by Crippen LogP contribution is -2.74. The van der Waals surface area contributed by atoms with Crippen molar-refractivity contribution in [1.29, 1.82) is 0 Å². The lowest BCUT2D eigenvalue weighted by Gasteiger charge is -2.58. The monoisotopic (exact) mass is 1020 g/mol. The molecule has 0 bridgehead atoms. The Morgan fingerprint density at radius 2 is 0.931 bits per heavy atom. The second-order valence-electron chi connectivity index (χ2n) is 21.4. The fraction of sp³-hybridized carbons (Fsp3) is 0.596. The average molecular weight is 1020 g/mol. The number of alkyl halides is 3. The Kier molecular flexibility index (Phi) is 19.3. The Balaban J connectivity index is 0.000000462. The molecular formula is C52H74F3N5O12. The van der Waals surface area contributed by atoms with E-state index in [1.54, 1.807) is 27.7 Å². The molecule has 0 aromatic carbocycles. The first-order chi connectivity index (χ1) is 32.3. The number of carbonyl (C=O) groups excluding carboxylic acids is 11. The van der Waals surface area contributed by atoms with Gasteiger partial charge in [0.05, 0.1) is 45.8 Å². The summed E-state index contributed by atoms with van der Waals surface area (Å²) in [6.07, 6.45) is -2.57. The lowest BCUT2D eigenvalue weighted by molar-refractivity contribution is -0.222. The summed E-state index contributed by atoms with van der Waals surface area (Å²) < 4.78 is 42.8. The van der Waals surface area contributed by atoms with E-state index in [9.17, 15) is 65.9 Å².